The zero-order valence-corrected chi connectivity index (χ0v) is 9.95. The van der Waals surface area contributed by atoms with Gasteiger partial charge in [0.1, 0.15) is 0 Å². The fourth-order valence-corrected chi connectivity index (χ4v) is 1.83. The van der Waals surface area contributed by atoms with Crippen LogP contribution in [0.4, 0.5) is 0 Å². The van der Waals surface area contributed by atoms with Gasteiger partial charge in [-0.2, -0.15) is 0 Å². The molecule has 0 spiro atoms. The fraction of sp³-hybridized carbons (Fsp3) is 0.909. The number of carbonyl (C=O) groups is 1. The average molecular weight is 214 g/mol. The molecule has 1 rings (SSSR count). The quantitative estimate of drug-likeness (QED) is 0.754. The Balaban J connectivity index is 2.60. The number of ether oxygens (including phenoxy) is 1. The van der Waals surface area contributed by atoms with Crippen LogP contribution in [0.5, 0.6) is 0 Å². The molecular formula is C11H22N2O2. The van der Waals surface area contributed by atoms with E-state index < -0.39 is 5.54 Å². The maximum Gasteiger partial charge on any atom is 0.242 e. The lowest BCUT2D eigenvalue weighted by Crippen LogP contribution is -2.56. The lowest BCUT2D eigenvalue weighted by molar-refractivity contribution is -0.140. The standard InChI is InChI=1S/C11H22N2O2/c1-4-11(2,12)10(14)13-7-5-6-9(8-13)15-3/h9H,4-8,12H2,1-3H3. The van der Waals surface area contributed by atoms with Crippen LogP contribution in [0.2, 0.25) is 0 Å². The number of hydrogen-bond donors (Lipinski definition) is 1. The molecule has 4 heteroatoms. The van der Waals surface area contributed by atoms with Gasteiger partial charge in [0.05, 0.1) is 11.6 Å². The van der Waals surface area contributed by atoms with Crippen LogP contribution in [0.25, 0.3) is 0 Å². The summed E-state index contributed by atoms with van der Waals surface area (Å²) in [5, 5.41) is 0. The van der Waals surface area contributed by atoms with Gasteiger partial charge >= 0.3 is 0 Å². The molecular weight excluding hydrogens is 192 g/mol. The van der Waals surface area contributed by atoms with Crippen LogP contribution in [-0.2, 0) is 9.53 Å². The van der Waals surface area contributed by atoms with E-state index in [9.17, 15) is 4.79 Å². The maximum atomic E-state index is 12.1. The molecule has 1 heterocycles. The van der Waals surface area contributed by atoms with Crippen molar-refractivity contribution in [1.82, 2.24) is 4.90 Å². The molecule has 1 aliphatic heterocycles. The summed E-state index contributed by atoms with van der Waals surface area (Å²) in [5.74, 6) is 0.0479. The van der Waals surface area contributed by atoms with E-state index in [1.165, 1.54) is 0 Å². The normalized spacial score (nSPS) is 26.1. The van der Waals surface area contributed by atoms with Crippen LogP contribution < -0.4 is 5.73 Å². The number of nitrogens with zero attached hydrogens (tertiary/aromatic N) is 1. The highest BCUT2D eigenvalue weighted by atomic mass is 16.5. The maximum absolute atomic E-state index is 12.1. The first-order valence-electron chi connectivity index (χ1n) is 5.62. The second kappa shape index (κ2) is 4.94. The Kier molecular flexibility index (Phi) is 4.11. The summed E-state index contributed by atoms with van der Waals surface area (Å²) >= 11 is 0. The van der Waals surface area contributed by atoms with Crippen LogP contribution >= 0.6 is 0 Å². The third-order valence-corrected chi connectivity index (χ3v) is 3.22. The predicted octanol–water partition coefficient (Wildman–Crippen LogP) is 0.751. The second-order valence-electron chi connectivity index (χ2n) is 4.52. The van der Waals surface area contributed by atoms with Gasteiger partial charge < -0.3 is 15.4 Å². The first kappa shape index (κ1) is 12.5. The van der Waals surface area contributed by atoms with Gasteiger partial charge in [-0.15, -0.1) is 0 Å². The third-order valence-electron chi connectivity index (χ3n) is 3.22. The van der Waals surface area contributed by atoms with Crippen molar-refractivity contribution in [1.29, 1.82) is 0 Å². The summed E-state index contributed by atoms with van der Waals surface area (Å²) in [4.78, 5) is 13.9. The molecule has 0 aliphatic carbocycles. The molecule has 0 aromatic carbocycles. The van der Waals surface area contributed by atoms with Crippen LogP contribution in [0, 0.1) is 0 Å². The van der Waals surface area contributed by atoms with Crippen LogP contribution in [-0.4, -0.2) is 42.6 Å². The lowest BCUT2D eigenvalue weighted by Gasteiger charge is -2.36. The minimum absolute atomic E-state index is 0.0479. The fourth-order valence-electron chi connectivity index (χ4n) is 1.83. The first-order valence-corrected chi connectivity index (χ1v) is 5.62. The monoisotopic (exact) mass is 214 g/mol. The van der Waals surface area contributed by atoms with Crippen molar-refractivity contribution in [2.45, 2.75) is 44.8 Å². The van der Waals surface area contributed by atoms with E-state index in [-0.39, 0.29) is 12.0 Å². The van der Waals surface area contributed by atoms with E-state index in [1.54, 1.807) is 14.0 Å². The van der Waals surface area contributed by atoms with Crippen molar-refractivity contribution >= 4 is 5.91 Å². The van der Waals surface area contributed by atoms with E-state index >= 15 is 0 Å². The van der Waals surface area contributed by atoms with E-state index in [0.717, 1.165) is 19.4 Å². The molecule has 2 atom stereocenters. The number of carbonyl (C=O) groups excluding carboxylic acids is 1. The highest BCUT2D eigenvalue weighted by Gasteiger charge is 2.33. The zero-order chi connectivity index (χ0) is 11.5. The molecule has 0 radical (unpaired) electrons. The van der Waals surface area contributed by atoms with Gasteiger partial charge in [0.2, 0.25) is 5.91 Å². The number of nitrogens with two attached hydrogens (primary N) is 1. The Hall–Kier alpha value is -0.610. The third kappa shape index (κ3) is 2.92. The molecule has 4 nitrogen and oxygen atoms in total. The number of hydrogen-bond acceptors (Lipinski definition) is 3. The van der Waals surface area contributed by atoms with E-state index in [0.29, 0.717) is 13.0 Å². The van der Waals surface area contributed by atoms with Crippen LogP contribution in [0.1, 0.15) is 33.1 Å². The van der Waals surface area contributed by atoms with Gasteiger partial charge in [0.25, 0.3) is 0 Å². The van der Waals surface area contributed by atoms with Gasteiger partial charge in [-0.1, -0.05) is 6.92 Å². The molecule has 1 aliphatic rings. The van der Waals surface area contributed by atoms with E-state index in [4.69, 9.17) is 10.5 Å². The van der Waals surface area contributed by atoms with Crippen LogP contribution in [0.3, 0.4) is 0 Å². The van der Waals surface area contributed by atoms with Gasteiger partial charge in [-0.3, -0.25) is 4.79 Å². The number of amides is 1. The van der Waals surface area contributed by atoms with Crippen molar-refractivity contribution in [3.8, 4) is 0 Å². The van der Waals surface area contributed by atoms with Crippen LogP contribution in [0.15, 0.2) is 0 Å². The minimum Gasteiger partial charge on any atom is -0.380 e. The van der Waals surface area contributed by atoms with E-state index in [1.807, 2.05) is 11.8 Å². The smallest absolute Gasteiger partial charge is 0.242 e. The molecule has 2 unspecified atom stereocenters. The van der Waals surface area contributed by atoms with Crippen molar-refractivity contribution in [3.05, 3.63) is 0 Å². The SMILES string of the molecule is CCC(C)(N)C(=O)N1CCCC(OC)C1. The van der Waals surface area contributed by atoms with Gasteiger partial charge in [0, 0.05) is 20.2 Å². The number of piperidine rings is 1. The highest BCUT2D eigenvalue weighted by molar-refractivity contribution is 5.85. The molecule has 0 aromatic rings. The number of likely N-dealkylation sites (tertiary alicyclic amines) is 1. The minimum atomic E-state index is -0.727. The summed E-state index contributed by atoms with van der Waals surface area (Å²) in [7, 11) is 1.69. The molecule has 1 fully saturated rings. The molecule has 0 saturated carbocycles. The summed E-state index contributed by atoms with van der Waals surface area (Å²) < 4.78 is 5.28. The Morgan fingerprint density at radius 2 is 2.33 bits per heavy atom. The van der Waals surface area contributed by atoms with E-state index in [2.05, 4.69) is 0 Å². The Morgan fingerprint density at radius 3 is 2.87 bits per heavy atom. The van der Waals surface area contributed by atoms with Gasteiger partial charge in [-0.25, -0.2) is 0 Å². The van der Waals surface area contributed by atoms with Crippen molar-refractivity contribution in [2.75, 3.05) is 20.2 Å². The van der Waals surface area contributed by atoms with Crippen molar-refractivity contribution < 1.29 is 9.53 Å². The Labute approximate surface area is 91.8 Å². The summed E-state index contributed by atoms with van der Waals surface area (Å²) in [6.45, 7) is 5.23. The van der Waals surface area contributed by atoms with Crippen molar-refractivity contribution in [3.63, 3.8) is 0 Å². The molecule has 0 aromatic heterocycles. The zero-order valence-electron chi connectivity index (χ0n) is 9.95. The predicted molar refractivity (Wildman–Crippen MR) is 59.5 cm³/mol. The molecule has 0 bridgehead atoms. The average Bonchev–Trinajstić information content (AvgIpc) is 2.28. The van der Waals surface area contributed by atoms with Gasteiger partial charge in [0.15, 0.2) is 0 Å². The second-order valence-corrected chi connectivity index (χ2v) is 4.52. The summed E-state index contributed by atoms with van der Waals surface area (Å²) in [6.07, 6.45) is 2.88. The van der Waals surface area contributed by atoms with Crippen molar-refractivity contribution in [2.24, 2.45) is 5.73 Å². The molecule has 1 amide bonds. The molecule has 15 heavy (non-hydrogen) atoms. The molecule has 1 saturated heterocycles. The largest absolute Gasteiger partial charge is 0.380 e. The molecule has 2 N–H and O–H groups in total. The Morgan fingerprint density at radius 1 is 1.67 bits per heavy atom. The summed E-state index contributed by atoms with van der Waals surface area (Å²) in [5.41, 5.74) is 5.22. The first-order chi connectivity index (χ1) is 7.01. The highest BCUT2D eigenvalue weighted by Crippen LogP contribution is 2.17. The lowest BCUT2D eigenvalue weighted by atomic mass is 9.96. The Bertz CT molecular complexity index is 229. The topological polar surface area (TPSA) is 55.6 Å². The van der Waals surface area contributed by atoms with Gasteiger partial charge in [-0.05, 0) is 26.2 Å². The summed E-state index contributed by atoms with van der Waals surface area (Å²) in [6, 6.07) is 0. The molecule has 88 valence electrons. The number of methoxy groups -OCH3 is 1. The number of rotatable bonds is 3.